The fraction of sp³-hybridized carbons (Fsp3) is 1.00. The quantitative estimate of drug-likeness (QED) is 0.721. The van der Waals surface area contributed by atoms with E-state index in [1.807, 2.05) is 0 Å². The first kappa shape index (κ1) is 10.6. The molecule has 0 aromatic carbocycles. The van der Waals surface area contributed by atoms with E-state index in [9.17, 15) is 4.21 Å². The molecule has 1 N–H and O–H groups in total. The first-order valence-corrected chi connectivity index (χ1v) is 6.75. The maximum absolute atomic E-state index is 11.1. The lowest BCUT2D eigenvalue weighted by molar-refractivity contribution is 0.115. The zero-order valence-electron chi connectivity index (χ0n) is 9.25. The molecule has 0 amide bonds. The van der Waals surface area contributed by atoms with Gasteiger partial charge >= 0.3 is 0 Å². The summed E-state index contributed by atoms with van der Waals surface area (Å²) < 4.78 is 20.2. The molecule has 0 aromatic heterocycles. The molecule has 0 spiro atoms. The van der Waals surface area contributed by atoms with E-state index in [0.717, 1.165) is 12.3 Å². The van der Waals surface area contributed by atoms with Crippen LogP contribution in [-0.4, -0.2) is 14.5 Å². The molecule has 0 saturated heterocycles. The van der Waals surface area contributed by atoms with Gasteiger partial charge in [0.1, 0.15) is 0 Å². The maximum atomic E-state index is 11.1. The molecule has 3 heteroatoms. The fourth-order valence-corrected chi connectivity index (χ4v) is 5.33. The molecule has 2 bridgehead atoms. The number of hydrogen-bond acceptors (Lipinski definition) is 1. The molecule has 0 aliphatic heterocycles. The topological polar surface area (TPSA) is 37.3 Å². The van der Waals surface area contributed by atoms with Crippen molar-refractivity contribution in [1.29, 1.82) is 0 Å². The van der Waals surface area contributed by atoms with Crippen molar-refractivity contribution in [3.05, 3.63) is 0 Å². The lowest BCUT2D eigenvalue weighted by atomic mass is 9.67. The average Bonchev–Trinajstić information content (AvgIpc) is 2.36. The third-order valence-electron chi connectivity index (χ3n) is 5.21. The molecular weight excluding hydrogens is 196 g/mol. The second kappa shape index (κ2) is 3.05. The number of rotatable bonds is 2. The lowest BCUT2D eigenvalue weighted by Crippen LogP contribution is -2.39. The van der Waals surface area contributed by atoms with E-state index in [1.165, 1.54) is 12.8 Å². The van der Waals surface area contributed by atoms with Gasteiger partial charge in [-0.25, -0.2) is 4.21 Å². The highest BCUT2D eigenvalue weighted by molar-refractivity contribution is 7.79. The number of hydrogen-bond donors (Lipinski definition) is 1. The van der Waals surface area contributed by atoms with Gasteiger partial charge in [0.05, 0.1) is 5.75 Å². The monoisotopic (exact) mass is 216 g/mol. The highest BCUT2D eigenvalue weighted by Crippen LogP contribution is 2.68. The normalized spacial score (nSPS) is 46.9. The molecular formula is C11H20O2S. The Hall–Kier alpha value is 0.110. The first-order valence-electron chi connectivity index (χ1n) is 5.47. The summed E-state index contributed by atoms with van der Waals surface area (Å²) in [6.45, 7) is 6.84. The standard InChI is InChI=1S/C11H20O2S/c1-8-6-9-4-5-11(8,7-14(12)13)10(9,2)3/h8-9H,4-7H2,1-3H3,(H,12,13). The Morgan fingerprint density at radius 2 is 2.14 bits per heavy atom. The van der Waals surface area contributed by atoms with Crippen LogP contribution in [0.25, 0.3) is 0 Å². The molecule has 2 nitrogen and oxygen atoms in total. The summed E-state index contributed by atoms with van der Waals surface area (Å²) in [5, 5.41) is 0. The molecule has 2 aliphatic carbocycles. The predicted molar refractivity (Wildman–Crippen MR) is 58.4 cm³/mol. The van der Waals surface area contributed by atoms with Gasteiger partial charge in [0.25, 0.3) is 0 Å². The smallest absolute Gasteiger partial charge is 0.153 e. The van der Waals surface area contributed by atoms with Gasteiger partial charge in [0, 0.05) is 0 Å². The summed E-state index contributed by atoms with van der Waals surface area (Å²) in [5.41, 5.74) is 0.405. The highest BCUT2D eigenvalue weighted by Gasteiger charge is 2.62. The minimum Gasteiger partial charge on any atom is -0.306 e. The van der Waals surface area contributed by atoms with E-state index in [-0.39, 0.29) is 10.8 Å². The van der Waals surface area contributed by atoms with Gasteiger partial charge < -0.3 is 4.55 Å². The molecule has 0 radical (unpaired) electrons. The third-order valence-corrected chi connectivity index (χ3v) is 5.97. The first-order chi connectivity index (χ1) is 6.40. The number of fused-ring (bicyclic) bond motifs is 2. The largest absolute Gasteiger partial charge is 0.306 e. The molecule has 2 aliphatic rings. The van der Waals surface area contributed by atoms with Crippen molar-refractivity contribution in [3.63, 3.8) is 0 Å². The zero-order valence-corrected chi connectivity index (χ0v) is 10.1. The van der Waals surface area contributed by atoms with Gasteiger partial charge in [-0.15, -0.1) is 0 Å². The summed E-state index contributed by atoms with van der Waals surface area (Å²) in [7, 11) is 0. The van der Waals surface area contributed by atoms with Crippen LogP contribution in [0.2, 0.25) is 0 Å². The van der Waals surface area contributed by atoms with E-state index in [4.69, 9.17) is 4.55 Å². The Morgan fingerprint density at radius 1 is 1.50 bits per heavy atom. The van der Waals surface area contributed by atoms with Crippen LogP contribution in [0.3, 0.4) is 0 Å². The van der Waals surface area contributed by atoms with E-state index in [1.54, 1.807) is 0 Å². The molecule has 2 rings (SSSR count). The predicted octanol–water partition coefficient (Wildman–Crippen LogP) is 2.67. The Balaban J connectivity index is 2.34. The highest BCUT2D eigenvalue weighted by atomic mass is 32.2. The van der Waals surface area contributed by atoms with Crippen molar-refractivity contribution in [2.45, 2.75) is 40.0 Å². The van der Waals surface area contributed by atoms with Gasteiger partial charge in [-0.2, -0.15) is 0 Å². The van der Waals surface area contributed by atoms with Crippen molar-refractivity contribution in [1.82, 2.24) is 0 Å². The van der Waals surface area contributed by atoms with Crippen LogP contribution < -0.4 is 0 Å². The van der Waals surface area contributed by atoms with Gasteiger partial charge in [-0.05, 0) is 41.9 Å². The van der Waals surface area contributed by atoms with Gasteiger partial charge in [0.15, 0.2) is 11.1 Å². The minimum atomic E-state index is -1.64. The molecule has 4 unspecified atom stereocenters. The van der Waals surface area contributed by atoms with Gasteiger partial charge in [-0.1, -0.05) is 20.8 Å². The van der Waals surface area contributed by atoms with Crippen molar-refractivity contribution < 1.29 is 8.76 Å². The van der Waals surface area contributed by atoms with Crippen LogP contribution in [0.5, 0.6) is 0 Å². The van der Waals surface area contributed by atoms with Crippen LogP contribution >= 0.6 is 0 Å². The Labute approximate surface area is 88.8 Å². The average molecular weight is 216 g/mol. The Bertz CT molecular complexity index is 274. The van der Waals surface area contributed by atoms with Crippen LogP contribution in [0, 0.1) is 22.7 Å². The zero-order chi connectivity index (χ0) is 10.6. The van der Waals surface area contributed by atoms with Crippen LogP contribution in [0.4, 0.5) is 0 Å². The second-order valence-electron chi connectivity index (χ2n) is 5.72. The van der Waals surface area contributed by atoms with Crippen LogP contribution in [-0.2, 0) is 11.1 Å². The maximum Gasteiger partial charge on any atom is 0.153 e. The minimum absolute atomic E-state index is 0.136. The van der Waals surface area contributed by atoms with E-state index in [0.29, 0.717) is 11.7 Å². The van der Waals surface area contributed by atoms with Gasteiger partial charge in [0.2, 0.25) is 0 Å². The van der Waals surface area contributed by atoms with Crippen LogP contribution in [0.15, 0.2) is 0 Å². The molecule has 4 atom stereocenters. The van der Waals surface area contributed by atoms with Crippen LogP contribution in [0.1, 0.15) is 40.0 Å². The SMILES string of the molecule is CC1CC2CCC1(CS(=O)O)C2(C)C. The van der Waals surface area contributed by atoms with Gasteiger partial charge in [-0.3, -0.25) is 0 Å². The lowest BCUT2D eigenvalue weighted by Gasteiger charge is -2.40. The second-order valence-corrected chi connectivity index (χ2v) is 6.65. The fourth-order valence-electron chi connectivity index (χ4n) is 4.09. The van der Waals surface area contributed by atoms with E-state index < -0.39 is 11.1 Å². The summed E-state index contributed by atoms with van der Waals surface area (Å²) >= 11 is -1.64. The summed E-state index contributed by atoms with van der Waals surface area (Å²) in [6, 6.07) is 0. The summed E-state index contributed by atoms with van der Waals surface area (Å²) in [6.07, 6.45) is 3.66. The third kappa shape index (κ3) is 1.15. The van der Waals surface area contributed by atoms with E-state index in [2.05, 4.69) is 20.8 Å². The van der Waals surface area contributed by atoms with Crippen molar-refractivity contribution in [2.24, 2.45) is 22.7 Å². The molecule has 2 saturated carbocycles. The summed E-state index contributed by atoms with van der Waals surface area (Å²) in [4.78, 5) is 0. The van der Waals surface area contributed by atoms with Crippen molar-refractivity contribution in [2.75, 3.05) is 5.75 Å². The molecule has 2 fully saturated rings. The molecule has 14 heavy (non-hydrogen) atoms. The molecule has 0 heterocycles. The Morgan fingerprint density at radius 3 is 2.50 bits per heavy atom. The van der Waals surface area contributed by atoms with Crippen molar-refractivity contribution in [3.8, 4) is 0 Å². The molecule has 0 aromatic rings. The molecule has 82 valence electrons. The Kier molecular flexibility index (Phi) is 2.31. The van der Waals surface area contributed by atoms with Crippen molar-refractivity contribution >= 4 is 11.1 Å². The summed E-state index contributed by atoms with van der Waals surface area (Å²) in [5.74, 6) is 1.88. The van der Waals surface area contributed by atoms with E-state index >= 15 is 0 Å².